The molecule has 0 amide bonds. The second-order valence-electron chi connectivity index (χ2n) is 8.94. The van der Waals surface area contributed by atoms with E-state index in [0.29, 0.717) is 24.4 Å². The van der Waals surface area contributed by atoms with Crippen LogP contribution < -0.4 is 10.6 Å². The van der Waals surface area contributed by atoms with E-state index in [-0.39, 0.29) is 6.04 Å². The predicted molar refractivity (Wildman–Crippen MR) is 137 cm³/mol. The van der Waals surface area contributed by atoms with Crippen LogP contribution in [0.5, 0.6) is 0 Å². The minimum atomic E-state index is -0.506. The van der Waals surface area contributed by atoms with Gasteiger partial charge in [-0.2, -0.15) is 9.97 Å². The van der Waals surface area contributed by atoms with Gasteiger partial charge in [0.15, 0.2) is 17.0 Å². The molecule has 1 aliphatic carbocycles. The van der Waals surface area contributed by atoms with Crippen LogP contribution in [0, 0.1) is 0 Å². The Balaban J connectivity index is 1.42. The van der Waals surface area contributed by atoms with Crippen LogP contribution in [0.3, 0.4) is 0 Å². The number of imidazole rings is 1. The number of nitrogens with one attached hydrogen (secondary N) is 2. The number of hydrogen-bond donors (Lipinski definition) is 3. The fourth-order valence-corrected chi connectivity index (χ4v) is 5.27. The molecule has 8 nitrogen and oxygen atoms in total. The van der Waals surface area contributed by atoms with Gasteiger partial charge >= 0.3 is 0 Å². The monoisotopic (exact) mass is 477 g/mol. The van der Waals surface area contributed by atoms with E-state index in [1.165, 1.54) is 12.8 Å². The van der Waals surface area contributed by atoms with E-state index in [2.05, 4.69) is 48.7 Å². The van der Waals surface area contributed by atoms with Gasteiger partial charge in [0.05, 0.1) is 29.0 Å². The average Bonchev–Trinajstić information content (AvgIpc) is 3.62. The van der Waals surface area contributed by atoms with E-state index in [1.54, 1.807) is 18.3 Å². The van der Waals surface area contributed by atoms with Gasteiger partial charge in [0.25, 0.3) is 0 Å². The summed E-state index contributed by atoms with van der Waals surface area (Å²) < 4.78 is 2.20. The second kappa shape index (κ2) is 10.1. The Morgan fingerprint density at radius 3 is 2.71 bits per heavy atom. The third-order valence-electron chi connectivity index (χ3n) is 6.53. The molecule has 0 bridgehead atoms. The largest absolute Gasteiger partial charge is 0.391 e. The molecule has 4 aromatic heterocycles. The van der Waals surface area contributed by atoms with Gasteiger partial charge in [0, 0.05) is 18.8 Å². The molecule has 0 aromatic carbocycles. The Morgan fingerprint density at radius 2 is 2.03 bits per heavy atom. The Labute approximate surface area is 203 Å². The first kappa shape index (κ1) is 22.7. The second-order valence-corrected chi connectivity index (χ2v) is 9.89. The van der Waals surface area contributed by atoms with Gasteiger partial charge in [-0.1, -0.05) is 31.9 Å². The maximum absolute atomic E-state index is 10.1. The van der Waals surface area contributed by atoms with Crippen molar-refractivity contribution in [2.24, 2.45) is 0 Å². The highest BCUT2D eigenvalue weighted by Crippen LogP contribution is 2.33. The number of thiophene rings is 1. The third-order valence-corrected chi connectivity index (χ3v) is 7.43. The minimum Gasteiger partial charge on any atom is -0.391 e. The molecule has 178 valence electrons. The van der Waals surface area contributed by atoms with Crippen LogP contribution in [0.4, 0.5) is 11.8 Å². The normalized spacial score (nSPS) is 16.1. The van der Waals surface area contributed by atoms with Crippen LogP contribution in [0.25, 0.3) is 21.7 Å². The average molecular weight is 478 g/mol. The fraction of sp³-hybridized carbons (Fsp3) is 0.440. The first-order valence-corrected chi connectivity index (χ1v) is 12.9. The van der Waals surface area contributed by atoms with Crippen LogP contribution >= 0.6 is 11.3 Å². The van der Waals surface area contributed by atoms with Crippen molar-refractivity contribution in [1.82, 2.24) is 24.5 Å². The molecular formula is C25H31N7OS. The van der Waals surface area contributed by atoms with E-state index < -0.39 is 6.10 Å². The lowest BCUT2D eigenvalue weighted by Gasteiger charge is -2.20. The van der Waals surface area contributed by atoms with Gasteiger partial charge in [-0.05, 0) is 49.3 Å². The number of anilines is 2. The number of aliphatic hydroxyl groups is 1. The highest BCUT2D eigenvalue weighted by atomic mass is 32.1. The standard InChI is InChI=1S/C25H31N7OS/c1-3-19(16(2)33)29-25-30-23(22-24(31-25)32(15-28-22)18-7-4-5-8-18)27-14-17-10-11-20(26-13-17)21-9-6-12-34-21/h6,9-13,15-16,18-19,33H,3-5,7-8,14H2,1-2H3,(H2,27,29,30,31)/t16-,19?/m1/s1. The van der Waals surface area contributed by atoms with E-state index in [1.807, 2.05) is 25.5 Å². The van der Waals surface area contributed by atoms with Crippen LogP contribution in [0.2, 0.25) is 0 Å². The van der Waals surface area contributed by atoms with Gasteiger partial charge in [0.2, 0.25) is 5.95 Å². The SMILES string of the molecule is CCC(Nc1nc(NCc2ccc(-c3cccs3)nc2)c2ncn(C3CCCC3)c2n1)[C@@H](C)O. The summed E-state index contributed by atoms with van der Waals surface area (Å²) in [6, 6.07) is 8.55. The molecule has 2 atom stereocenters. The summed E-state index contributed by atoms with van der Waals surface area (Å²) in [4.78, 5) is 20.0. The Kier molecular flexibility index (Phi) is 6.73. The maximum Gasteiger partial charge on any atom is 0.227 e. The Hall–Kier alpha value is -3.04. The number of hydrogen-bond acceptors (Lipinski definition) is 8. The van der Waals surface area contributed by atoms with Gasteiger partial charge in [-0.3, -0.25) is 4.98 Å². The van der Waals surface area contributed by atoms with Crippen LogP contribution in [-0.4, -0.2) is 41.8 Å². The lowest BCUT2D eigenvalue weighted by atomic mass is 10.1. The quantitative estimate of drug-likeness (QED) is 0.303. The summed E-state index contributed by atoms with van der Waals surface area (Å²) in [7, 11) is 0. The maximum atomic E-state index is 10.1. The topological polar surface area (TPSA) is 101 Å². The van der Waals surface area contributed by atoms with Crippen molar-refractivity contribution in [3.8, 4) is 10.6 Å². The molecule has 1 aliphatic rings. The number of fused-ring (bicyclic) bond motifs is 1. The zero-order valence-electron chi connectivity index (χ0n) is 19.6. The molecule has 1 saturated carbocycles. The molecule has 34 heavy (non-hydrogen) atoms. The van der Waals surface area contributed by atoms with Crippen molar-refractivity contribution in [3.05, 3.63) is 47.7 Å². The molecule has 0 aliphatic heterocycles. The molecule has 4 heterocycles. The summed E-state index contributed by atoms with van der Waals surface area (Å²) in [5, 5.41) is 19.0. The highest BCUT2D eigenvalue weighted by Gasteiger charge is 2.23. The summed E-state index contributed by atoms with van der Waals surface area (Å²) in [6.07, 6.45) is 8.83. The molecule has 1 unspecified atom stereocenters. The van der Waals surface area contributed by atoms with Crippen molar-refractivity contribution in [2.45, 2.75) is 70.7 Å². The zero-order chi connectivity index (χ0) is 23.5. The molecule has 4 aromatic rings. The van der Waals surface area contributed by atoms with Crippen molar-refractivity contribution in [2.75, 3.05) is 10.6 Å². The summed E-state index contributed by atoms with van der Waals surface area (Å²) in [5.41, 5.74) is 3.64. The Morgan fingerprint density at radius 1 is 1.18 bits per heavy atom. The molecule has 0 radical (unpaired) electrons. The lowest BCUT2D eigenvalue weighted by molar-refractivity contribution is 0.169. The predicted octanol–water partition coefficient (Wildman–Crippen LogP) is 5.25. The molecule has 9 heteroatoms. The zero-order valence-corrected chi connectivity index (χ0v) is 20.4. The van der Waals surface area contributed by atoms with Crippen LogP contribution in [-0.2, 0) is 6.54 Å². The van der Waals surface area contributed by atoms with E-state index in [9.17, 15) is 5.11 Å². The lowest BCUT2D eigenvalue weighted by Crippen LogP contribution is -2.31. The number of aliphatic hydroxyl groups excluding tert-OH is 1. The summed E-state index contributed by atoms with van der Waals surface area (Å²) >= 11 is 1.69. The number of rotatable bonds is 9. The number of nitrogens with zero attached hydrogens (tertiary/aromatic N) is 5. The summed E-state index contributed by atoms with van der Waals surface area (Å²) in [5.74, 6) is 1.20. The van der Waals surface area contributed by atoms with E-state index in [4.69, 9.17) is 9.97 Å². The first-order chi connectivity index (χ1) is 16.6. The van der Waals surface area contributed by atoms with E-state index in [0.717, 1.165) is 46.6 Å². The van der Waals surface area contributed by atoms with Crippen molar-refractivity contribution in [3.63, 3.8) is 0 Å². The minimum absolute atomic E-state index is 0.123. The van der Waals surface area contributed by atoms with Crippen LogP contribution in [0.15, 0.2) is 42.2 Å². The van der Waals surface area contributed by atoms with Crippen molar-refractivity contribution >= 4 is 34.3 Å². The Bertz CT molecular complexity index is 1210. The van der Waals surface area contributed by atoms with Gasteiger partial charge in [-0.25, -0.2) is 4.98 Å². The van der Waals surface area contributed by atoms with Gasteiger partial charge < -0.3 is 20.3 Å². The molecule has 3 N–H and O–H groups in total. The van der Waals surface area contributed by atoms with E-state index >= 15 is 0 Å². The number of aromatic nitrogens is 5. The fourth-order valence-electron chi connectivity index (χ4n) is 4.57. The number of pyridine rings is 1. The van der Waals surface area contributed by atoms with Crippen molar-refractivity contribution < 1.29 is 5.11 Å². The van der Waals surface area contributed by atoms with Gasteiger partial charge in [0.1, 0.15) is 0 Å². The molecular weight excluding hydrogens is 446 g/mol. The third kappa shape index (κ3) is 4.76. The van der Waals surface area contributed by atoms with Gasteiger partial charge in [-0.15, -0.1) is 11.3 Å². The summed E-state index contributed by atoms with van der Waals surface area (Å²) in [6.45, 7) is 4.40. The highest BCUT2D eigenvalue weighted by molar-refractivity contribution is 7.13. The van der Waals surface area contributed by atoms with Crippen LogP contribution in [0.1, 0.15) is 57.6 Å². The molecule has 1 fully saturated rings. The van der Waals surface area contributed by atoms with Crippen molar-refractivity contribution in [1.29, 1.82) is 0 Å². The first-order valence-electron chi connectivity index (χ1n) is 12.0. The molecule has 0 saturated heterocycles. The molecule has 0 spiro atoms. The smallest absolute Gasteiger partial charge is 0.227 e. The molecule has 5 rings (SSSR count).